The van der Waals surface area contributed by atoms with Gasteiger partial charge in [0.15, 0.2) is 5.65 Å². The molecule has 2 aromatic heterocycles. The van der Waals surface area contributed by atoms with E-state index in [9.17, 15) is 14.0 Å². The first kappa shape index (κ1) is 24.6. The van der Waals surface area contributed by atoms with Gasteiger partial charge < -0.3 is 15.8 Å². The molecular formula is C29H24FN5O3. The molecule has 38 heavy (non-hydrogen) atoms. The van der Waals surface area contributed by atoms with Gasteiger partial charge in [-0.05, 0) is 59.2 Å². The number of hydrogen-bond donors (Lipinski definition) is 2. The Bertz CT molecular complexity index is 1630. The Balaban J connectivity index is 1.28. The van der Waals surface area contributed by atoms with Crippen molar-refractivity contribution in [3.63, 3.8) is 0 Å². The number of nitrogens with one attached hydrogen (secondary N) is 1. The third kappa shape index (κ3) is 5.52. The van der Waals surface area contributed by atoms with Crippen LogP contribution in [-0.2, 0) is 17.6 Å². The normalized spacial score (nSPS) is 10.9. The Hall–Kier alpha value is -5.05. The van der Waals surface area contributed by atoms with Crippen molar-refractivity contribution in [2.24, 2.45) is 5.73 Å². The van der Waals surface area contributed by atoms with Crippen molar-refractivity contribution in [1.29, 1.82) is 0 Å². The number of methoxy groups -OCH3 is 1. The van der Waals surface area contributed by atoms with Crippen LogP contribution in [-0.4, -0.2) is 33.4 Å². The van der Waals surface area contributed by atoms with Crippen LogP contribution in [0.3, 0.4) is 0 Å². The molecule has 0 radical (unpaired) electrons. The minimum Gasteiger partial charge on any atom is -0.495 e. The number of halogens is 1. The molecule has 0 saturated heterocycles. The van der Waals surface area contributed by atoms with Crippen LogP contribution >= 0.6 is 0 Å². The predicted molar refractivity (Wildman–Crippen MR) is 142 cm³/mol. The van der Waals surface area contributed by atoms with E-state index in [-0.39, 0.29) is 18.0 Å². The van der Waals surface area contributed by atoms with E-state index in [2.05, 4.69) is 15.4 Å². The van der Waals surface area contributed by atoms with Crippen molar-refractivity contribution in [2.75, 3.05) is 12.4 Å². The minimum atomic E-state index is -0.544. The number of amides is 1. The molecule has 5 rings (SSSR count). The largest absolute Gasteiger partial charge is 0.495 e. The number of carbonyl (C=O) groups excluding carboxylic acids is 2. The van der Waals surface area contributed by atoms with E-state index in [0.717, 1.165) is 22.3 Å². The molecule has 0 spiro atoms. The zero-order valence-corrected chi connectivity index (χ0v) is 20.5. The van der Waals surface area contributed by atoms with Crippen molar-refractivity contribution in [1.82, 2.24) is 14.6 Å². The molecule has 0 atom stereocenters. The van der Waals surface area contributed by atoms with Gasteiger partial charge in [-0.1, -0.05) is 36.4 Å². The van der Waals surface area contributed by atoms with E-state index in [4.69, 9.17) is 10.5 Å². The number of primary amides is 1. The standard InChI is InChI=1S/C29H24FN5O3/c1-38-26-16-21(28(31)37)8-12-25(26)32-29-33-27-13-9-22(17-35(27)34-29)20-6-2-18(3-7-20)14-24(36)15-19-4-10-23(30)11-5-19/h2-13,16-17H,14-15H2,1H3,(H2,31,37)(H,32,34). The van der Waals surface area contributed by atoms with E-state index in [1.54, 1.807) is 34.8 Å². The fraction of sp³-hybridized carbons (Fsp3) is 0.103. The van der Waals surface area contributed by atoms with Gasteiger partial charge in [-0.25, -0.2) is 8.91 Å². The lowest BCUT2D eigenvalue weighted by Gasteiger charge is -2.09. The van der Waals surface area contributed by atoms with Gasteiger partial charge in [-0.2, -0.15) is 4.98 Å². The Kier molecular flexibility index (Phi) is 6.82. The van der Waals surface area contributed by atoms with Crippen molar-refractivity contribution >= 4 is 29.0 Å². The van der Waals surface area contributed by atoms with Gasteiger partial charge in [0, 0.05) is 30.2 Å². The van der Waals surface area contributed by atoms with Crippen LogP contribution in [0.1, 0.15) is 21.5 Å². The van der Waals surface area contributed by atoms with Crippen LogP contribution in [0, 0.1) is 5.82 Å². The summed E-state index contributed by atoms with van der Waals surface area (Å²) >= 11 is 0. The number of pyridine rings is 1. The Labute approximate surface area is 217 Å². The van der Waals surface area contributed by atoms with Gasteiger partial charge in [0.25, 0.3) is 0 Å². The second kappa shape index (κ2) is 10.5. The molecule has 0 aliphatic rings. The van der Waals surface area contributed by atoms with Gasteiger partial charge in [0.1, 0.15) is 17.3 Å². The Morgan fingerprint density at radius 3 is 2.24 bits per heavy atom. The van der Waals surface area contributed by atoms with Gasteiger partial charge in [-0.15, -0.1) is 5.10 Å². The first-order valence-corrected chi connectivity index (χ1v) is 11.8. The van der Waals surface area contributed by atoms with Crippen LogP contribution in [0.25, 0.3) is 16.8 Å². The maximum atomic E-state index is 13.1. The number of carbonyl (C=O) groups is 2. The summed E-state index contributed by atoms with van der Waals surface area (Å²) < 4.78 is 20.1. The monoisotopic (exact) mass is 509 g/mol. The number of nitrogens with two attached hydrogens (primary N) is 1. The molecule has 0 fully saturated rings. The van der Waals surface area contributed by atoms with Crippen molar-refractivity contribution in [2.45, 2.75) is 12.8 Å². The fourth-order valence-electron chi connectivity index (χ4n) is 4.11. The van der Waals surface area contributed by atoms with Crippen molar-refractivity contribution < 1.29 is 18.7 Å². The highest BCUT2D eigenvalue weighted by atomic mass is 19.1. The number of ether oxygens (including phenoxy) is 1. The van der Waals surface area contributed by atoms with Gasteiger partial charge in [0.2, 0.25) is 11.9 Å². The van der Waals surface area contributed by atoms with E-state index >= 15 is 0 Å². The van der Waals surface area contributed by atoms with Crippen molar-refractivity contribution in [3.8, 4) is 16.9 Å². The summed E-state index contributed by atoms with van der Waals surface area (Å²) in [6.07, 6.45) is 2.44. The second-order valence-electron chi connectivity index (χ2n) is 8.78. The molecule has 3 N–H and O–H groups in total. The van der Waals surface area contributed by atoms with Crippen molar-refractivity contribution in [3.05, 3.63) is 108 Å². The molecule has 3 aromatic carbocycles. The number of benzene rings is 3. The predicted octanol–water partition coefficient (Wildman–Crippen LogP) is 4.74. The van der Waals surface area contributed by atoms with Crippen LogP contribution in [0.15, 0.2) is 85.1 Å². The third-order valence-electron chi connectivity index (χ3n) is 6.07. The molecule has 9 heteroatoms. The first-order chi connectivity index (χ1) is 18.4. The molecule has 5 aromatic rings. The Morgan fingerprint density at radius 1 is 0.921 bits per heavy atom. The van der Waals surface area contributed by atoms with Gasteiger partial charge >= 0.3 is 0 Å². The highest BCUT2D eigenvalue weighted by Crippen LogP contribution is 2.28. The second-order valence-corrected chi connectivity index (χ2v) is 8.78. The molecule has 8 nitrogen and oxygen atoms in total. The summed E-state index contributed by atoms with van der Waals surface area (Å²) in [5.74, 6) is 0.0106. The lowest BCUT2D eigenvalue weighted by atomic mass is 10.0. The molecule has 190 valence electrons. The summed E-state index contributed by atoms with van der Waals surface area (Å²) in [4.78, 5) is 28.4. The summed E-state index contributed by atoms with van der Waals surface area (Å²) in [5, 5.41) is 7.62. The molecule has 0 unspecified atom stereocenters. The lowest BCUT2D eigenvalue weighted by Crippen LogP contribution is -2.11. The van der Waals surface area contributed by atoms with Gasteiger partial charge in [-0.3, -0.25) is 9.59 Å². The van der Waals surface area contributed by atoms with E-state index < -0.39 is 5.91 Å². The summed E-state index contributed by atoms with van der Waals surface area (Å²) in [6.45, 7) is 0. The minimum absolute atomic E-state index is 0.0642. The number of aromatic nitrogens is 3. The first-order valence-electron chi connectivity index (χ1n) is 11.8. The highest BCUT2D eigenvalue weighted by molar-refractivity contribution is 5.94. The third-order valence-corrected chi connectivity index (χ3v) is 6.07. The number of hydrogen-bond acceptors (Lipinski definition) is 6. The average molecular weight is 510 g/mol. The van der Waals surface area contributed by atoms with Crippen LogP contribution < -0.4 is 15.8 Å². The van der Waals surface area contributed by atoms with Crippen LogP contribution in [0.5, 0.6) is 5.75 Å². The molecule has 1 amide bonds. The SMILES string of the molecule is COc1cc(C(N)=O)ccc1Nc1nc2ccc(-c3ccc(CC(=O)Cc4ccc(F)cc4)cc3)cn2n1. The highest BCUT2D eigenvalue weighted by Gasteiger charge is 2.12. The number of ketones is 1. The zero-order chi connectivity index (χ0) is 26.6. The average Bonchev–Trinajstić information content (AvgIpc) is 3.32. The number of anilines is 2. The van der Waals surface area contributed by atoms with Crippen LogP contribution in [0.2, 0.25) is 0 Å². The molecule has 0 aliphatic carbocycles. The topological polar surface area (TPSA) is 112 Å². The molecule has 0 saturated carbocycles. The molecule has 0 bridgehead atoms. The van der Waals surface area contributed by atoms with Crippen LogP contribution in [0.4, 0.5) is 16.0 Å². The van der Waals surface area contributed by atoms with E-state index in [0.29, 0.717) is 35.0 Å². The molecule has 0 aliphatic heterocycles. The fourth-order valence-corrected chi connectivity index (χ4v) is 4.11. The number of fused-ring (bicyclic) bond motifs is 1. The molecule has 2 heterocycles. The zero-order valence-electron chi connectivity index (χ0n) is 20.5. The van der Waals surface area contributed by atoms with E-state index in [1.807, 2.05) is 42.6 Å². The maximum Gasteiger partial charge on any atom is 0.248 e. The smallest absolute Gasteiger partial charge is 0.248 e. The summed E-state index contributed by atoms with van der Waals surface area (Å²) in [6, 6.07) is 22.4. The summed E-state index contributed by atoms with van der Waals surface area (Å²) in [7, 11) is 1.50. The maximum absolute atomic E-state index is 13.1. The Morgan fingerprint density at radius 2 is 1.58 bits per heavy atom. The van der Waals surface area contributed by atoms with Gasteiger partial charge in [0.05, 0.1) is 12.8 Å². The molecular weight excluding hydrogens is 485 g/mol. The number of nitrogens with zero attached hydrogens (tertiary/aromatic N) is 3. The number of rotatable bonds is 9. The quantitative estimate of drug-likeness (QED) is 0.297. The summed E-state index contributed by atoms with van der Waals surface area (Å²) in [5.41, 5.74) is 10.5. The number of Topliss-reactive ketones (excluding diaryl/α,β-unsaturated/α-hetero) is 1. The van der Waals surface area contributed by atoms with E-state index in [1.165, 1.54) is 19.2 Å². The lowest BCUT2D eigenvalue weighted by molar-refractivity contribution is -0.117.